The highest BCUT2D eigenvalue weighted by Crippen LogP contribution is 2.19. The molecule has 0 atom stereocenters. The van der Waals surface area contributed by atoms with Crippen molar-refractivity contribution in [3.8, 4) is 0 Å². The number of rotatable bonds is 9. The Morgan fingerprint density at radius 1 is 1.04 bits per heavy atom. The average Bonchev–Trinajstić information content (AvgIpc) is 2.99. The molecule has 1 amide bonds. The van der Waals surface area contributed by atoms with Crippen LogP contribution in [0.3, 0.4) is 0 Å². The number of ether oxygens (including phenoxy) is 1. The molecule has 28 heavy (non-hydrogen) atoms. The summed E-state index contributed by atoms with van der Waals surface area (Å²) in [7, 11) is 1.81. The summed E-state index contributed by atoms with van der Waals surface area (Å²) >= 11 is 0. The number of piperidine rings is 1. The Bertz CT molecular complexity index is 456. The number of carbonyl (C=O) groups is 1. The largest absolute Gasteiger partial charge is 0.376 e. The van der Waals surface area contributed by atoms with Crippen LogP contribution in [0.4, 0.5) is 0 Å². The summed E-state index contributed by atoms with van der Waals surface area (Å²) in [5.41, 5.74) is 0. The van der Waals surface area contributed by atoms with Gasteiger partial charge in [-0.05, 0) is 32.1 Å². The Hall–Kier alpha value is -1.34. The van der Waals surface area contributed by atoms with E-state index in [0.717, 1.165) is 58.0 Å². The second-order valence-corrected chi connectivity index (χ2v) is 8.03. The second-order valence-electron chi connectivity index (χ2n) is 8.03. The van der Waals surface area contributed by atoms with Gasteiger partial charge in [0.05, 0.1) is 19.3 Å². The molecular formula is C21H41N5O2. The average molecular weight is 396 g/mol. The first kappa shape index (κ1) is 22.9. The van der Waals surface area contributed by atoms with Crippen LogP contribution in [0.5, 0.6) is 0 Å². The van der Waals surface area contributed by atoms with Gasteiger partial charge in [0.2, 0.25) is 5.91 Å². The van der Waals surface area contributed by atoms with E-state index in [0.29, 0.717) is 18.7 Å². The van der Waals surface area contributed by atoms with Gasteiger partial charge in [0, 0.05) is 39.3 Å². The van der Waals surface area contributed by atoms with Crippen LogP contribution in [0.25, 0.3) is 0 Å². The predicted molar refractivity (Wildman–Crippen MR) is 115 cm³/mol. The van der Waals surface area contributed by atoms with Gasteiger partial charge in [0.15, 0.2) is 5.96 Å². The lowest BCUT2D eigenvalue weighted by Crippen LogP contribution is -2.50. The summed E-state index contributed by atoms with van der Waals surface area (Å²) < 4.78 is 6.04. The van der Waals surface area contributed by atoms with Crippen LogP contribution in [0, 0.1) is 0 Å². The van der Waals surface area contributed by atoms with Crippen molar-refractivity contribution in [3.05, 3.63) is 0 Å². The summed E-state index contributed by atoms with van der Waals surface area (Å²) in [5, 5.41) is 9.84. The third kappa shape index (κ3) is 9.24. The fourth-order valence-corrected chi connectivity index (χ4v) is 3.95. The monoisotopic (exact) mass is 395 g/mol. The normalized spacial score (nSPS) is 20.6. The quantitative estimate of drug-likeness (QED) is 0.240. The number of amides is 1. The molecule has 0 aromatic rings. The predicted octanol–water partition coefficient (Wildman–Crippen LogP) is 1.88. The van der Waals surface area contributed by atoms with Gasteiger partial charge in [-0.15, -0.1) is 0 Å². The minimum Gasteiger partial charge on any atom is -0.376 e. The highest BCUT2D eigenvalue weighted by atomic mass is 16.5. The molecule has 7 nitrogen and oxygen atoms in total. The van der Waals surface area contributed by atoms with Gasteiger partial charge in [0.25, 0.3) is 0 Å². The standard InChI is InChI=1S/C21H41N5O2/c1-3-12-23-20(27)17-26-14-10-18(11-15-26)25-21(22-2)24-13-16-28-19-8-6-4-5-7-9-19/h18-19H,3-17H2,1-2H3,(H,23,27)(H2,22,24,25). The Morgan fingerprint density at radius 3 is 2.39 bits per heavy atom. The van der Waals surface area contributed by atoms with E-state index in [-0.39, 0.29) is 5.91 Å². The van der Waals surface area contributed by atoms with E-state index in [2.05, 4.69) is 32.8 Å². The highest BCUT2D eigenvalue weighted by molar-refractivity contribution is 5.80. The SMILES string of the molecule is CCCNC(=O)CN1CCC(NC(=NC)NCCOC2CCCCCC2)CC1. The molecule has 0 radical (unpaired) electrons. The molecule has 0 unspecified atom stereocenters. The zero-order chi connectivity index (χ0) is 20.0. The lowest BCUT2D eigenvalue weighted by atomic mass is 10.1. The number of nitrogens with one attached hydrogen (secondary N) is 3. The first-order chi connectivity index (χ1) is 13.7. The van der Waals surface area contributed by atoms with Gasteiger partial charge >= 0.3 is 0 Å². The minimum atomic E-state index is 0.138. The van der Waals surface area contributed by atoms with Crippen LogP contribution < -0.4 is 16.0 Å². The molecule has 1 heterocycles. The summed E-state index contributed by atoms with van der Waals surface area (Å²) in [6.45, 7) is 6.75. The molecule has 2 rings (SSSR count). The van der Waals surface area contributed by atoms with E-state index in [4.69, 9.17) is 4.74 Å². The molecule has 7 heteroatoms. The van der Waals surface area contributed by atoms with Crippen molar-refractivity contribution in [2.24, 2.45) is 4.99 Å². The number of nitrogens with zero attached hydrogens (tertiary/aromatic N) is 2. The summed E-state index contributed by atoms with van der Waals surface area (Å²) in [5.74, 6) is 0.989. The zero-order valence-electron chi connectivity index (χ0n) is 18.0. The fourth-order valence-electron chi connectivity index (χ4n) is 3.95. The maximum atomic E-state index is 11.8. The first-order valence-corrected chi connectivity index (χ1v) is 11.3. The zero-order valence-corrected chi connectivity index (χ0v) is 18.0. The summed E-state index contributed by atoms with van der Waals surface area (Å²) in [6, 6.07) is 0.406. The molecule has 1 saturated heterocycles. The lowest BCUT2D eigenvalue weighted by molar-refractivity contribution is -0.122. The van der Waals surface area contributed by atoms with E-state index in [1.54, 1.807) is 0 Å². The molecule has 0 spiro atoms. The van der Waals surface area contributed by atoms with Crippen LogP contribution in [0.15, 0.2) is 4.99 Å². The van der Waals surface area contributed by atoms with Crippen LogP contribution >= 0.6 is 0 Å². The maximum Gasteiger partial charge on any atom is 0.234 e. The molecule has 2 fully saturated rings. The summed E-state index contributed by atoms with van der Waals surface area (Å²) in [6.07, 6.45) is 11.2. The molecule has 0 bridgehead atoms. The van der Waals surface area contributed by atoms with Crippen LogP contribution in [0.1, 0.15) is 64.7 Å². The number of hydrogen-bond donors (Lipinski definition) is 3. The van der Waals surface area contributed by atoms with E-state index >= 15 is 0 Å². The Labute approximate surface area is 171 Å². The van der Waals surface area contributed by atoms with Crippen LogP contribution in [-0.4, -0.2) is 75.3 Å². The topological polar surface area (TPSA) is 78.0 Å². The molecule has 2 aliphatic rings. The van der Waals surface area contributed by atoms with Crippen LogP contribution in [-0.2, 0) is 9.53 Å². The Kier molecular flexibility index (Phi) is 11.3. The third-order valence-electron chi connectivity index (χ3n) is 5.64. The van der Waals surface area contributed by atoms with Gasteiger partial charge in [-0.25, -0.2) is 0 Å². The van der Waals surface area contributed by atoms with Gasteiger partial charge in [-0.3, -0.25) is 14.7 Å². The molecule has 162 valence electrons. The van der Waals surface area contributed by atoms with Gasteiger partial charge in [-0.2, -0.15) is 0 Å². The van der Waals surface area contributed by atoms with Crippen molar-refractivity contribution < 1.29 is 9.53 Å². The van der Waals surface area contributed by atoms with Crippen molar-refractivity contribution in [2.75, 3.05) is 46.4 Å². The van der Waals surface area contributed by atoms with E-state index < -0.39 is 0 Å². The van der Waals surface area contributed by atoms with Crippen molar-refractivity contribution >= 4 is 11.9 Å². The number of carbonyl (C=O) groups excluding carboxylic acids is 1. The van der Waals surface area contributed by atoms with E-state index in [1.807, 2.05) is 7.05 Å². The minimum absolute atomic E-state index is 0.138. The fraction of sp³-hybridized carbons (Fsp3) is 0.905. The highest BCUT2D eigenvalue weighted by Gasteiger charge is 2.21. The lowest BCUT2D eigenvalue weighted by Gasteiger charge is -2.32. The maximum absolute atomic E-state index is 11.8. The van der Waals surface area contributed by atoms with Crippen molar-refractivity contribution in [2.45, 2.75) is 76.9 Å². The van der Waals surface area contributed by atoms with Gasteiger partial charge < -0.3 is 20.7 Å². The Morgan fingerprint density at radius 2 is 1.75 bits per heavy atom. The van der Waals surface area contributed by atoms with Crippen molar-refractivity contribution in [1.29, 1.82) is 0 Å². The number of likely N-dealkylation sites (tertiary alicyclic amines) is 1. The van der Waals surface area contributed by atoms with E-state index in [1.165, 1.54) is 38.5 Å². The number of hydrogen-bond acceptors (Lipinski definition) is 4. The van der Waals surface area contributed by atoms with Gasteiger partial charge in [0.1, 0.15) is 0 Å². The summed E-state index contributed by atoms with van der Waals surface area (Å²) in [4.78, 5) is 18.4. The molecule has 0 aromatic heterocycles. The second kappa shape index (κ2) is 13.8. The van der Waals surface area contributed by atoms with Gasteiger partial charge in [-0.1, -0.05) is 32.6 Å². The molecule has 1 aliphatic carbocycles. The Balaban J connectivity index is 1.57. The van der Waals surface area contributed by atoms with Crippen LogP contribution in [0.2, 0.25) is 0 Å². The van der Waals surface area contributed by atoms with E-state index in [9.17, 15) is 4.79 Å². The first-order valence-electron chi connectivity index (χ1n) is 11.3. The molecular weight excluding hydrogens is 354 g/mol. The number of aliphatic imine (C=N–C) groups is 1. The smallest absolute Gasteiger partial charge is 0.234 e. The van der Waals surface area contributed by atoms with Crippen molar-refractivity contribution in [3.63, 3.8) is 0 Å². The molecule has 1 aliphatic heterocycles. The third-order valence-corrected chi connectivity index (χ3v) is 5.64. The molecule has 0 aromatic carbocycles. The molecule has 1 saturated carbocycles. The molecule has 3 N–H and O–H groups in total. The van der Waals surface area contributed by atoms with Crippen molar-refractivity contribution in [1.82, 2.24) is 20.9 Å². The number of guanidine groups is 1.